The van der Waals surface area contributed by atoms with Crippen molar-refractivity contribution in [3.8, 4) is 0 Å². The molecule has 2 aliphatic rings. The Morgan fingerprint density at radius 1 is 1.19 bits per heavy atom. The van der Waals surface area contributed by atoms with Gasteiger partial charge in [-0.2, -0.15) is 5.10 Å². The first-order valence-electron chi connectivity index (χ1n) is 11.4. The number of amides is 2. The maximum atomic E-state index is 13.7. The number of fused-ring (bicyclic) bond motifs is 1. The minimum absolute atomic E-state index is 0.0666. The van der Waals surface area contributed by atoms with E-state index in [1.165, 1.54) is 10.7 Å². The van der Waals surface area contributed by atoms with E-state index in [1.54, 1.807) is 18.7 Å². The maximum Gasteiger partial charge on any atom is 0.358 e. The summed E-state index contributed by atoms with van der Waals surface area (Å²) >= 11 is 0. The maximum absolute atomic E-state index is 13.7. The topological polar surface area (TPSA) is 93.5 Å². The molecule has 0 radical (unpaired) electrons. The molecule has 2 aromatic rings. The van der Waals surface area contributed by atoms with Crippen LogP contribution in [0.25, 0.3) is 0 Å². The summed E-state index contributed by atoms with van der Waals surface area (Å²) in [6.07, 6.45) is 4.95. The summed E-state index contributed by atoms with van der Waals surface area (Å²) in [5.74, 6) is -1.16. The van der Waals surface area contributed by atoms with E-state index in [4.69, 9.17) is 4.74 Å². The van der Waals surface area contributed by atoms with E-state index in [-0.39, 0.29) is 42.4 Å². The minimum Gasteiger partial charge on any atom is -0.461 e. The predicted molar refractivity (Wildman–Crippen MR) is 120 cm³/mol. The number of nitrogens with one attached hydrogen (secondary N) is 1. The number of hydrogen-bond donors (Lipinski definition) is 1. The van der Waals surface area contributed by atoms with E-state index >= 15 is 0 Å². The molecule has 170 valence electrons. The summed E-state index contributed by atoms with van der Waals surface area (Å²) in [7, 11) is 0. The van der Waals surface area contributed by atoms with E-state index in [2.05, 4.69) is 17.3 Å². The average Bonchev–Trinajstić information content (AvgIpc) is 3.44. The predicted octanol–water partition coefficient (Wildman–Crippen LogP) is 3.10. The molecule has 32 heavy (non-hydrogen) atoms. The number of benzene rings is 1. The molecule has 2 heterocycles. The van der Waals surface area contributed by atoms with Crippen molar-refractivity contribution in [2.45, 2.75) is 71.0 Å². The lowest BCUT2D eigenvalue weighted by Crippen LogP contribution is -2.65. The molecule has 1 aliphatic heterocycles. The van der Waals surface area contributed by atoms with Crippen molar-refractivity contribution in [3.63, 3.8) is 0 Å². The van der Waals surface area contributed by atoms with E-state index in [0.29, 0.717) is 5.69 Å². The van der Waals surface area contributed by atoms with Crippen molar-refractivity contribution in [1.82, 2.24) is 15.1 Å². The lowest BCUT2D eigenvalue weighted by Gasteiger charge is -2.43. The average molecular weight is 439 g/mol. The van der Waals surface area contributed by atoms with Gasteiger partial charge in [-0.1, -0.05) is 31.9 Å². The van der Waals surface area contributed by atoms with Gasteiger partial charge in [0, 0.05) is 17.8 Å². The quantitative estimate of drug-likeness (QED) is 0.700. The molecule has 8 nitrogen and oxygen atoms in total. The summed E-state index contributed by atoms with van der Waals surface area (Å²) in [6.45, 7) is 5.90. The molecule has 2 amide bonds. The summed E-state index contributed by atoms with van der Waals surface area (Å²) in [4.78, 5) is 41.0. The molecule has 4 rings (SSSR count). The van der Waals surface area contributed by atoms with Gasteiger partial charge in [-0.15, -0.1) is 0 Å². The molecular weight excluding hydrogens is 408 g/mol. The Labute approximate surface area is 187 Å². The fraction of sp³-hybridized carbons (Fsp3) is 0.500. The van der Waals surface area contributed by atoms with Crippen LogP contribution in [0.2, 0.25) is 0 Å². The molecule has 1 aromatic heterocycles. The highest BCUT2D eigenvalue weighted by Crippen LogP contribution is 2.33. The molecule has 0 spiro atoms. The van der Waals surface area contributed by atoms with Gasteiger partial charge in [0.1, 0.15) is 11.2 Å². The molecule has 1 N–H and O–H groups in total. The molecule has 1 aromatic carbocycles. The Bertz CT molecular complexity index is 1020. The Hall–Kier alpha value is -3.16. The van der Waals surface area contributed by atoms with Crippen LogP contribution in [-0.2, 0) is 22.5 Å². The first kappa shape index (κ1) is 22.0. The SMILES string of the molecule is CCOC(=O)c1cc2n(n1)C[C@@](C)(C(=O)NC1CCCC1)N(c1ccc(CC)cc1)C2=O. The number of anilines is 1. The molecule has 0 bridgehead atoms. The lowest BCUT2D eigenvalue weighted by molar-refractivity contribution is -0.127. The van der Waals surface area contributed by atoms with Crippen molar-refractivity contribution in [1.29, 1.82) is 0 Å². The van der Waals surface area contributed by atoms with Crippen LogP contribution in [0.4, 0.5) is 5.69 Å². The van der Waals surface area contributed by atoms with Gasteiger partial charge in [0.25, 0.3) is 5.91 Å². The Kier molecular flexibility index (Phi) is 6.04. The number of aromatic nitrogens is 2. The van der Waals surface area contributed by atoms with Crippen LogP contribution in [0.5, 0.6) is 0 Å². The van der Waals surface area contributed by atoms with Gasteiger partial charge in [-0.25, -0.2) is 4.79 Å². The normalized spacial score (nSPS) is 20.8. The van der Waals surface area contributed by atoms with Gasteiger partial charge in [0.05, 0.1) is 13.2 Å². The van der Waals surface area contributed by atoms with Crippen molar-refractivity contribution in [2.24, 2.45) is 0 Å². The smallest absolute Gasteiger partial charge is 0.358 e. The van der Waals surface area contributed by atoms with E-state index < -0.39 is 11.5 Å². The molecule has 1 fully saturated rings. The summed E-state index contributed by atoms with van der Waals surface area (Å²) in [6, 6.07) is 9.24. The second kappa shape index (κ2) is 8.76. The van der Waals surface area contributed by atoms with E-state index in [1.807, 2.05) is 24.3 Å². The Morgan fingerprint density at radius 2 is 1.88 bits per heavy atom. The summed E-state index contributed by atoms with van der Waals surface area (Å²) in [5.41, 5.74) is 0.917. The number of rotatable bonds is 6. The number of nitrogens with zero attached hydrogens (tertiary/aromatic N) is 3. The lowest BCUT2D eigenvalue weighted by atomic mass is 9.93. The first-order chi connectivity index (χ1) is 15.4. The fourth-order valence-electron chi connectivity index (χ4n) is 4.58. The number of esters is 1. The van der Waals surface area contributed by atoms with Crippen LogP contribution in [0.1, 0.15) is 73.0 Å². The first-order valence-corrected chi connectivity index (χ1v) is 11.4. The van der Waals surface area contributed by atoms with Crippen molar-refractivity contribution < 1.29 is 19.1 Å². The highest BCUT2D eigenvalue weighted by atomic mass is 16.5. The number of carbonyl (C=O) groups excluding carboxylic acids is 3. The zero-order valence-electron chi connectivity index (χ0n) is 18.9. The molecule has 1 saturated carbocycles. The molecule has 1 atom stereocenters. The van der Waals surface area contributed by atoms with E-state index in [9.17, 15) is 14.4 Å². The largest absolute Gasteiger partial charge is 0.461 e. The van der Waals surface area contributed by atoms with Gasteiger partial charge in [-0.3, -0.25) is 19.2 Å². The Balaban J connectivity index is 1.75. The third-order valence-electron chi connectivity index (χ3n) is 6.42. The molecule has 0 unspecified atom stereocenters. The van der Waals surface area contributed by atoms with Crippen LogP contribution in [0.15, 0.2) is 30.3 Å². The van der Waals surface area contributed by atoms with Gasteiger partial charge < -0.3 is 10.1 Å². The molecule has 0 saturated heterocycles. The molecular formula is C24H30N4O4. The fourth-order valence-corrected chi connectivity index (χ4v) is 4.58. The van der Waals surface area contributed by atoms with Crippen LogP contribution < -0.4 is 10.2 Å². The van der Waals surface area contributed by atoms with Crippen molar-refractivity contribution in [3.05, 3.63) is 47.3 Å². The van der Waals surface area contributed by atoms with Crippen molar-refractivity contribution in [2.75, 3.05) is 11.5 Å². The Morgan fingerprint density at radius 3 is 2.50 bits per heavy atom. The molecule has 1 aliphatic carbocycles. The standard InChI is InChI=1S/C24H30N4O4/c1-4-16-10-12-18(13-11-16)28-21(29)20-14-19(22(30)32-5-2)26-27(20)15-24(28,3)23(31)25-17-8-6-7-9-17/h10-14,17H,4-9,15H2,1-3H3,(H,25,31)/t24-/m0/s1. The minimum atomic E-state index is -1.20. The second-order valence-electron chi connectivity index (χ2n) is 8.68. The van der Waals surface area contributed by atoms with Crippen LogP contribution in [0.3, 0.4) is 0 Å². The van der Waals surface area contributed by atoms with Gasteiger partial charge in [0.2, 0.25) is 5.91 Å². The second-order valence-corrected chi connectivity index (χ2v) is 8.68. The zero-order valence-corrected chi connectivity index (χ0v) is 18.9. The number of ether oxygens (including phenoxy) is 1. The molecule has 8 heteroatoms. The van der Waals surface area contributed by atoms with Crippen LogP contribution in [-0.4, -0.2) is 45.8 Å². The van der Waals surface area contributed by atoms with Crippen LogP contribution in [0, 0.1) is 0 Å². The third kappa shape index (κ3) is 3.89. The third-order valence-corrected chi connectivity index (χ3v) is 6.42. The zero-order chi connectivity index (χ0) is 22.9. The number of hydrogen-bond acceptors (Lipinski definition) is 5. The van der Waals surface area contributed by atoms with Gasteiger partial charge in [0.15, 0.2) is 5.69 Å². The van der Waals surface area contributed by atoms with Crippen LogP contribution >= 0.6 is 0 Å². The van der Waals surface area contributed by atoms with E-state index in [0.717, 1.165) is 37.7 Å². The van der Waals surface area contributed by atoms with Gasteiger partial charge in [-0.05, 0) is 50.8 Å². The number of aryl methyl sites for hydroxylation is 1. The monoisotopic (exact) mass is 438 g/mol. The van der Waals surface area contributed by atoms with Gasteiger partial charge >= 0.3 is 5.97 Å². The highest BCUT2D eigenvalue weighted by molar-refractivity contribution is 6.12. The summed E-state index contributed by atoms with van der Waals surface area (Å²) in [5, 5.41) is 7.45. The highest BCUT2D eigenvalue weighted by Gasteiger charge is 2.49. The van der Waals surface area contributed by atoms with Crippen molar-refractivity contribution >= 4 is 23.5 Å². The summed E-state index contributed by atoms with van der Waals surface area (Å²) < 4.78 is 6.51. The number of carbonyl (C=O) groups is 3.